The van der Waals surface area contributed by atoms with Crippen LogP contribution in [-0.2, 0) is 0 Å². The van der Waals surface area contributed by atoms with Crippen LogP contribution in [0.15, 0.2) is 60.7 Å². The van der Waals surface area contributed by atoms with E-state index < -0.39 is 11.8 Å². The molecule has 0 atom stereocenters. The molecule has 30 heavy (non-hydrogen) atoms. The zero-order chi connectivity index (χ0) is 21.7. The summed E-state index contributed by atoms with van der Waals surface area (Å²) in [6.07, 6.45) is 1.66. The van der Waals surface area contributed by atoms with Crippen LogP contribution in [0.1, 0.15) is 21.5 Å². The van der Waals surface area contributed by atoms with Gasteiger partial charge in [0.1, 0.15) is 11.4 Å². The normalized spacial score (nSPS) is 11.0. The number of allylic oxidation sites excluding steroid dienone is 1. The Morgan fingerprint density at radius 1 is 1.07 bits per heavy atom. The molecule has 150 valence electrons. The molecule has 3 aromatic rings. The van der Waals surface area contributed by atoms with Crippen molar-refractivity contribution in [3.05, 3.63) is 93.2 Å². The van der Waals surface area contributed by atoms with Crippen molar-refractivity contribution in [2.75, 3.05) is 7.11 Å². The maximum Gasteiger partial charge on any atom is 0.348 e. The number of hydrogen-bond donors (Lipinski definition) is 0. The van der Waals surface area contributed by atoms with E-state index in [-0.39, 0.29) is 22.1 Å². The van der Waals surface area contributed by atoms with Crippen LogP contribution >= 0.6 is 23.2 Å². The summed E-state index contributed by atoms with van der Waals surface area (Å²) in [6, 6.07) is 17.6. The average molecular weight is 442 g/mol. The second-order valence-corrected chi connectivity index (χ2v) is 6.92. The molecule has 0 saturated carbocycles. The van der Waals surface area contributed by atoms with Gasteiger partial charge in [-0.1, -0.05) is 47.5 Å². The number of ether oxygens (including phenoxy) is 2. The van der Waals surface area contributed by atoms with Gasteiger partial charge >= 0.3 is 5.97 Å². The van der Waals surface area contributed by atoms with Crippen molar-refractivity contribution in [3.8, 4) is 17.6 Å². The largest absolute Gasteiger partial charge is 0.493 e. The van der Waals surface area contributed by atoms with Crippen LogP contribution in [-0.4, -0.2) is 13.1 Å². The molecule has 0 unspecified atom stereocenters. The van der Waals surface area contributed by atoms with Crippen molar-refractivity contribution in [2.45, 2.75) is 0 Å². The van der Waals surface area contributed by atoms with Gasteiger partial charge in [-0.3, -0.25) is 0 Å². The van der Waals surface area contributed by atoms with Crippen molar-refractivity contribution >= 4 is 40.8 Å². The summed E-state index contributed by atoms with van der Waals surface area (Å²) in [5, 5.41) is 10.0. The van der Waals surface area contributed by atoms with Gasteiger partial charge < -0.3 is 9.47 Å². The molecule has 3 rings (SSSR count). The molecule has 0 bridgehead atoms. The number of nitrogens with zero attached hydrogens (tertiary/aromatic N) is 1. The molecule has 0 aromatic heterocycles. The zero-order valence-electron chi connectivity index (χ0n) is 15.7. The topological polar surface area (TPSA) is 59.3 Å². The fourth-order valence-corrected chi connectivity index (χ4v) is 3.04. The Bertz CT molecular complexity index is 1150. The standard InChI is InChI=1S/C23H14Cl2FNO3/c1-29-21-12-14(11-16(13-27)15-6-8-17(24)9-7-15)5-10-20(21)30-23(28)22-18(25)3-2-4-19(22)26/h2-12H,1H3/b16-11-. The van der Waals surface area contributed by atoms with Crippen LogP contribution in [0.2, 0.25) is 10.0 Å². The molecule has 3 aromatic carbocycles. The van der Waals surface area contributed by atoms with Gasteiger partial charge in [-0.15, -0.1) is 0 Å². The third kappa shape index (κ3) is 4.80. The molecule has 0 fully saturated rings. The minimum absolute atomic E-state index is 0.0554. The smallest absolute Gasteiger partial charge is 0.348 e. The third-order valence-electron chi connectivity index (χ3n) is 4.14. The molecular weight excluding hydrogens is 428 g/mol. The van der Waals surface area contributed by atoms with E-state index in [1.807, 2.05) is 0 Å². The minimum atomic E-state index is -0.946. The summed E-state index contributed by atoms with van der Waals surface area (Å²) < 4.78 is 24.5. The highest BCUT2D eigenvalue weighted by Crippen LogP contribution is 2.31. The second kappa shape index (κ2) is 9.45. The van der Waals surface area contributed by atoms with Crippen molar-refractivity contribution in [1.82, 2.24) is 0 Å². The van der Waals surface area contributed by atoms with Crippen LogP contribution in [0.25, 0.3) is 11.6 Å². The quantitative estimate of drug-likeness (QED) is 0.198. The molecule has 0 heterocycles. The zero-order valence-corrected chi connectivity index (χ0v) is 17.2. The highest BCUT2D eigenvalue weighted by Gasteiger charge is 2.19. The molecule has 0 amide bonds. The first-order chi connectivity index (χ1) is 14.4. The molecule has 4 nitrogen and oxygen atoms in total. The number of carbonyl (C=O) groups is 1. The number of esters is 1. The van der Waals surface area contributed by atoms with E-state index in [1.165, 1.54) is 25.3 Å². The van der Waals surface area contributed by atoms with Crippen LogP contribution in [0.3, 0.4) is 0 Å². The number of rotatable bonds is 5. The Morgan fingerprint density at radius 3 is 2.43 bits per heavy atom. The molecule has 0 spiro atoms. The van der Waals surface area contributed by atoms with Gasteiger partial charge in [0.25, 0.3) is 0 Å². The van der Waals surface area contributed by atoms with Crippen molar-refractivity contribution in [2.24, 2.45) is 0 Å². The molecule has 0 radical (unpaired) electrons. The first-order valence-electron chi connectivity index (χ1n) is 8.65. The summed E-state index contributed by atoms with van der Waals surface area (Å²) in [5.74, 6) is -1.41. The molecule has 0 aliphatic rings. The summed E-state index contributed by atoms with van der Waals surface area (Å²) in [7, 11) is 1.40. The molecule has 7 heteroatoms. The highest BCUT2D eigenvalue weighted by molar-refractivity contribution is 6.33. The van der Waals surface area contributed by atoms with Crippen molar-refractivity contribution < 1.29 is 18.7 Å². The monoisotopic (exact) mass is 441 g/mol. The third-order valence-corrected chi connectivity index (χ3v) is 4.71. The van der Waals surface area contributed by atoms with Crippen LogP contribution in [0.4, 0.5) is 4.39 Å². The Balaban J connectivity index is 1.90. The van der Waals surface area contributed by atoms with Gasteiger partial charge in [-0.05, 0) is 53.6 Å². The maximum absolute atomic E-state index is 14.0. The van der Waals surface area contributed by atoms with Gasteiger partial charge in [0.05, 0.1) is 23.8 Å². The molecule has 0 aliphatic heterocycles. The Morgan fingerprint density at radius 2 is 1.80 bits per heavy atom. The summed E-state index contributed by atoms with van der Waals surface area (Å²) >= 11 is 11.8. The Labute approximate surface area is 182 Å². The fourth-order valence-electron chi connectivity index (χ4n) is 2.68. The average Bonchev–Trinajstić information content (AvgIpc) is 2.73. The Hall–Kier alpha value is -3.33. The van der Waals surface area contributed by atoms with Gasteiger partial charge in [0, 0.05) is 5.02 Å². The lowest BCUT2D eigenvalue weighted by atomic mass is 10.0. The molecule has 0 saturated heterocycles. The van der Waals surface area contributed by atoms with Gasteiger partial charge in [-0.2, -0.15) is 5.26 Å². The first-order valence-corrected chi connectivity index (χ1v) is 9.40. The van der Waals surface area contributed by atoms with E-state index in [2.05, 4.69) is 6.07 Å². The SMILES string of the molecule is COc1cc(/C=C(/C#N)c2ccc(Cl)cc2)ccc1OC(=O)c1c(F)cccc1Cl. The predicted molar refractivity (Wildman–Crippen MR) is 114 cm³/mol. The molecule has 0 N–H and O–H groups in total. The Kier molecular flexibility index (Phi) is 6.73. The predicted octanol–water partition coefficient (Wildman–Crippen LogP) is 6.42. The number of benzene rings is 3. The lowest BCUT2D eigenvalue weighted by Gasteiger charge is -2.11. The summed E-state index contributed by atoms with van der Waals surface area (Å²) in [5.41, 5.74) is 1.39. The van der Waals surface area contributed by atoms with E-state index in [9.17, 15) is 14.4 Å². The van der Waals surface area contributed by atoms with Crippen molar-refractivity contribution in [3.63, 3.8) is 0 Å². The first kappa shape index (κ1) is 21.4. The number of halogens is 3. The summed E-state index contributed by atoms with van der Waals surface area (Å²) in [6.45, 7) is 0. The van der Waals surface area contributed by atoms with Crippen LogP contribution < -0.4 is 9.47 Å². The highest BCUT2D eigenvalue weighted by atomic mass is 35.5. The summed E-state index contributed by atoms with van der Waals surface area (Å²) in [4.78, 5) is 12.4. The minimum Gasteiger partial charge on any atom is -0.493 e. The fraction of sp³-hybridized carbons (Fsp3) is 0.0435. The van der Waals surface area contributed by atoms with E-state index in [1.54, 1.807) is 42.5 Å². The van der Waals surface area contributed by atoms with Crippen LogP contribution in [0.5, 0.6) is 11.5 Å². The number of methoxy groups -OCH3 is 1. The molecular formula is C23H14Cl2FNO3. The van der Waals surface area contributed by atoms with Gasteiger partial charge in [0.2, 0.25) is 0 Å². The van der Waals surface area contributed by atoms with E-state index in [4.69, 9.17) is 32.7 Å². The van der Waals surface area contributed by atoms with Crippen LogP contribution in [0, 0.1) is 17.1 Å². The second-order valence-electron chi connectivity index (χ2n) is 6.07. The number of carbonyl (C=O) groups excluding carboxylic acids is 1. The van der Waals surface area contributed by atoms with E-state index >= 15 is 0 Å². The number of hydrogen-bond acceptors (Lipinski definition) is 4. The van der Waals surface area contributed by atoms with Gasteiger partial charge in [0.15, 0.2) is 11.5 Å². The lowest BCUT2D eigenvalue weighted by molar-refractivity contribution is 0.0725. The number of nitriles is 1. The maximum atomic E-state index is 14.0. The molecule has 0 aliphatic carbocycles. The van der Waals surface area contributed by atoms with Crippen molar-refractivity contribution in [1.29, 1.82) is 5.26 Å². The van der Waals surface area contributed by atoms with E-state index in [0.29, 0.717) is 21.7 Å². The lowest BCUT2D eigenvalue weighted by Crippen LogP contribution is -2.12. The van der Waals surface area contributed by atoms with E-state index in [0.717, 1.165) is 6.07 Å². The van der Waals surface area contributed by atoms with Gasteiger partial charge in [-0.25, -0.2) is 9.18 Å².